The maximum Gasteiger partial charge on any atom is 0.102 e. The van der Waals surface area contributed by atoms with Crippen molar-refractivity contribution in [3.63, 3.8) is 0 Å². The van der Waals surface area contributed by atoms with E-state index in [1.165, 1.54) is 31.8 Å². The quantitative estimate of drug-likeness (QED) is 0.0772. The molecule has 0 aliphatic heterocycles. The van der Waals surface area contributed by atoms with Gasteiger partial charge in [-0.15, -0.1) is 12.1 Å². The minimum absolute atomic E-state index is 0.197. The van der Waals surface area contributed by atoms with Crippen molar-refractivity contribution < 1.29 is 20.7 Å². The first-order valence-electron chi connectivity index (χ1n) is 15.1. The SMILES string of the molecule is Oc1[c-]cccc1.[Pd+][I].c1ccc([PH+](c2ccccc2)c2ccccc2)cc1.c1ccc([PH+](c2ccccc2)c2ccccc2)cc1. The van der Waals surface area contributed by atoms with Crippen molar-refractivity contribution in [1.29, 1.82) is 0 Å². The zero-order valence-corrected chi connectivity index (χ0v) is 31.5. The molecule has 1 nitrogen and oxygen atoms in total. The Balaban J connectivity index is 0.000000170. The summed E-state index contributed by atoms with van der Waals surface area (Å²) >= 11 is 4.72. The number of hydrogen-bond acceptors (Lipinski definition) is 1. The molecule has 47 heavy (non-hydrogen) atoms. The summed E-state index contributed by atoms with van der Waals surface area (Å²) in [6.07, 6.45) is 0. The fourth-order valence-electron chi connectivity index (χ4n) is 5.01. The molecule has 0 aliphatic carbocycles. The minimum atomic E-state index is -0.877. The molecule has 0 atom stereocenters. The normalized spacial score (nSPS) is 9.98. The summed E-state index contributed by atoms with van der Waals surface area (Å²) < 4.78 is 0. The van der Waals surface area contributed by atoms with Crippen LogP contribution in [0, 0.1) is 6.07 Å². The molecule has 0 unspecified atom stereocenters. The van der Waals surface area contributed by atoms with Gasteiger partial charge in [0.2, 0.25) is 0 Å². The van der Waals surface area contributed by atoms with E-state index in [0.717, 1.165) is 0 Å². The van der Waals surface area contributed by atoms with E-state index in [-0.39, 0.29) is 5.75 Å². The molecule has 0 saturated heterocycles. The van der Waals surface area contributed by atoms with Crippen LogP contribution in [0.1, 0.15) is 0 Å². The maximum atomic E-state index is 8.58. The first-order valence-corrected chi connectivity index (χ1v) is 22.8. The van der Waals surface area contributed by atoms with Gasteiger partial charge in [-0.25, -0.2) is 0 Å². The second-order valence-electron chi connectivity index (χ2n) is 10.2. The molecule has 0 saturated carbocycles. The number of benzene rings is 7. The Morgan fingerprint density at radius 2 is 0.553 bits per heavy atom. The van der Waals surface area contributed by atoms with Crippen molar-refractivity contribution in [3.05, 3.63) is 212 Å². The standard InChI is InChI=1S/2C18H15P.C6H5O.HI.Pd/c2*1-4-10-16(11-5-1)19(17-12-6-2-7-13-17)18-14-8-3-9-15-18;7-6-4-2-1-3-5-6;;/h2*1-15H;1-4,7H;1H;/q;;-1;;+2/p+1. The van der Waals surface area contributed by atoms with Crippen molar-refractivity contribution >= 4 is 67.2 Å². The first-order chi connectivity index (χ1) is 23.3. The number of para-hydroxylation sites is 1. The van der Waals surface area contributed by atoms with Gasteiger partial charge >= 0.3 is 35.1 Å². The van der Waals surface area contributed by atoms with Crippen molar-refractivity contribution in [2.24, 2.45) is 0 Å². The van der Waals surface area contributed by atoms with Crippen LogP contribution in [0.3, 0.4) is 0 Å². The predicted octanol–water partition coefficient (Wildman–Crippen LogP) is 8.43. The molecule has 5 heteroatoms. The third-order valence-electron chi connectivity index (χ3n) is 7.07. The summed E-state index contributed by atoms with van der Waals surface area (Å²) in [4.78, 5) is 0. The molecule has 7 aromatic carbocycles. The van der Waals surface area contributed by atoms with Crippen molar-refractivity contribution in [2.45, 2.75) is 0 Å². The third-order valence-corrected chi connectivity index (χ3v) is 12.5. The van der Waals surface area contributed by atoms with Crippen LogP contribution in [0.25, 0.3) is 0 Å². The molecule has 0 bridgehead atoms. The van der Waals surface area contributed by atoms with Gasteiger partial charge in [0.05, 0.1) is 15.8 Å². The van der Waals surface area contributed by atoms with Crippen molar-refractivity contribution in [1.82, 2.24) is 0 Å². The molecule has 236 valence electrons. The summed E-state index contributed by atoms with van der Waals surface area (Å²) in [5.41, 5.74) is 0. The number of phenolic OH excluding ortho intramolecular Hbond substituents is 1. The summed E-state index contributed by atoms with van der Waals surface area (Å²) in [6, 6.07) is 74.4. The van der Waals surface area contributed by atoms with Crippen LogP contribution >= 0.6 is 35.4 Å². The van der Waals surface area contributed by atoms with E-state index >= 15 is 0 Å². The molecule has 0 radical (unpaired) electrons. The van der Waals surface area contributed by atoms with Gasteiger partial charge in [-0.05, 0) is 72.8 Å². The maximum absolute atomic E-state index is 8.58. The average Bonchev–Trinajstić information content (AvgIpc) is 3.16. The van der Waals surface area contributed by atoms with E-state index in [9.17, 15) is 0 Å². The van der Waals surface area contributed by atoms with Gasteiger partial charge in [0, 0.05) is 5.75 Å². The Kier molecular flexibility index (Phi) is 16.6. The van der Waals surface area contributed by atoms with Gasteiger partial charge in [0.25, 0.3) is 0 Å². The van der Waals surface area contributed by atoms with Crippen LogP contribution in [-0.4, -0.2) is 5.11 Å². The van der Waals surface area contributed by atoms with Crippen LogP contribution < -0.4 is 31.8 Å². The van der Waals surface area contributed by atoms with E-state index < -0.39 is 15.8 Å². The molecule has 0 aromatic heterocycles. The van der Waals surface area contributed by atoms with Gasteiger partial charge in [-0.3, -0.25) is 0 Å². The van der Waals surface area contributed by atoms with E-state index in [0.29, 0.717) is 0 Å². The van der Waals surface area contributed by atoms with Gasteiger partial charge in [-0.1, -0.05) is 109 Å². The Bertz CT molecular complexity index is 1480. The minimum Gasteiger partial charge on any atom is -0.0620 e. The Morgan fingerprint density at radius 3 is 0.702 bits per heavy atom. The van der Waals surface area contributed by atoms with E-state index in [1.54, 1.807) is 24.3 Å². The first kappa shape index (κ1) is 36.4. The number of hydrogen-bond donors (Lipinski definition) is 1. The number of halogens is 1. The summed E-state index contributed by atoms with van der Waals surface area (Å²) in [5.74, 6) is 0.197. The van der Waals surface area contributed by atoms with Crippen molar-refractivity contribution in [2.75, 3.05) is 0 Å². The largest absolute Gasteiger partial charge is 0.102 e. The zero-order valence-electron chi connectivity index (χ0n) is 25.8. The Hall–Kier alpha value is -3.41. The van der Waals surface area contributed by atoms with E-state index in [2.05, 4.69) is 204 Å². The van der Waals surface area contributed by atoms with Crippen LogP contribution in [0.4, 0.5) is 0 Å². The summed E-state index contributed by atoms with van der Waals surface area (Å²) in [5, 5.41) is 17.2. The second kappa shape index (κ2) is 21.5. The fraction of sp³-hybridized carbons (Fsp3) is 0. The predicted molar refractivity (Wildman–Crippen MR) is 214 cm³/mol. The molecule has 0 amide bonds. The number of phenols is 1. The number of rotatable bonds is 6. The van der Waals surface area contributed by atoms with Gasteiger partial charge < -0.3 is 5.11 Å². The topological polar surface area (TPSA) is 20.2 Å². The molecule has 0 heterocycles. The van der Waals surface area contributed by atoms with Gasteiger partial charge in [-0.2, -0.15) is 18.2 Å². The van der Waals surface area contributed by atoms with Gasteiger partial charge in [0.15, 0.2) is 0 Å². The Labute approximate surface area is 303 Å². The summed E-state index contributed by atoms with van der Waals surface area (Å²) in [7, 11) is -1.75. The van der Waals surface area contributed by atoms with Gasteiger partial charge in [0.1, 0.15) is 31.8 Å². The second-order valence-corrected chi connectivity index (χ2v) is 15.2. The van der Waals surface area contributed by atoms with Crippen LogP contribution in [-0.2, 0) is 15.6 Å². The van der Waals surface area contributed by atoms with Crippen LogP contribution in [0.15, 0.2) is 206 Å². The molecular formula is C42H37IOP2Pd+2. The average molecular weight is 853 g/mol. The smallest absolute Gasteiger partial charge is 0.0620 e. The molecule has 1 N–H and O–H groups in total. The zero-order chi connectivity index (χ0) is 32.9. The van der Waals surface area contributed by atoms with E-state index in [4.69, 9.17) is 5.11 Å². The molecular weight excluding hydrogens is 816 g/mol. The molecule has 0 fully saturated rings. The summed E-state index contributed by atoms with van der Waals surface area (Å²) in [6.45, 7) is 0. The molecule has 7 aromatic rings. The molecule has 7 rings (SSSR count). The molecule has 0 aliphatic rings. The van der Waals surface area contributed by atoms with Crippen molar-refractivity contribution in [3.8, 4) is 5.75 Å². The van der Waals surface area contributed by atoms with Crippen LogP contribution in [0.2, 0.25) is 0 Å². The van der Waals surface area contributed by atoms with E-state index in [1.807, 2.05) is 19.5 Å². The van der Waals surface area contributed by atoms with Crippen LogP contribution in [0.5, 0.6) is 5.75 Å². The third kappa shape index (κ3) is 12.0. The fourth-order valence-corrected chi connectivity index (χ4v) is 10.2. The number of aromatic hydroxyl groups is 1. The molecule has 0 spiro atoms. The Morgan fingerprint density at radius 1 is 0.340 bits per heavy atom. The monoisotopic (exact) mass is 852 g/mol.